The summed E-state index contributed by atoms with van der Waals surface area (Å²) in [6.45, 7) is 0.962. The van der Waals surface area contributed by atoms with E-state index in [2.05, 4.69) is 6.07 Å². The lowest BCUT2D eigenvalue weighted by Gasteiger charge is -2.35. The lowest BCUT2D eigenvalue weighted by molar-refractivity contribution is -0.132. The largest absolute Gasteiger partial charge is 0.495 e. The van der Waals surface area contributed by atoms with E-state index in [0.717, 1.165) is 44.1 Å². The third-order valence-corrected chi connectivity index (χ3v) is 8.68. The zero-order valence-electron chi connectivity index (χ0n) is 18.3. The van der Waals surface area contributed by atoms with E-state index in [1.54, 1.807) is 11.0 Å². The monoisotopic (exact) mass is 476 g/mol. The smallest absolute Gasteiger partial charge is 0.243 e. The van der Waals surface area contributed by atoms with Crippen LogP contribution in [-0.4, -0.2) is 49.8 Å². The first-order chi connectivity index (χ1) is 15.4. The molecule has 8 heteroatoms. The molecular formula is C24H29ClN2O4S. The van der Waals surface area contributed by atoms with Crippen LogP contribution in [0.5, 0.6) is 5.75 Å². The van der Waals surface area contributed by atoms with E-state index < -0.39 is 10.0 Å². The molecule has 0 saturated heterocycles. The zero-order chi connectivity index (χ0) is 22.7. The summed E-state index contributed by atoms with van der Waals surface area (Å²) >= 11 is 6.22. The lowest BCUT2D eigenvalue weighted by Crippen LogP contribution is -2.49. The molecule has 1 fully saturated rings. The highest BCUT2D eigenvalue weighted by molar-refractivity contribution is 7.89. The summed E-state index contributed by atoms with van der Waals surface area (Å²) in [5.74, 6) is 0.256. The van der Waals surface area contributed by atoms with Gasteiger partial charge in [0, 0.05) is 19.1 Å². The summed E-state index contributed by atoms with van der Waals surface area (Å²) < 4.78 is 33.9. The number of hydrogen-bond acceptors (Lipinski definition) is 4. The average molecular weight is 477 g/mol. The molecule has 0 N–H and O–H groups in total. The Morgan fingerprint density at radius 1 is 1.12 bits per heavy atom. The molecule has 0 unspecified atom stereocenters. The molecule has 6 nitrogen and oxygen atoms in total. The molecule has 1 amide bonds. The number of ether oxygens (including phenoxy) is 1. The van der Waals surface area contributed by atoms with E-state index in [4.69, 9.17) is 16.3 Å². The van der Waals surface area contributed by atoms with Gasteiger partial charge in [-0.05, 0) is 48.6 Å². The van der Waals surface area contributed by atoms with Gasteiger partial charge in [-0.15, -0.1) is 0 Å². The molecular weight excluding hydrogens is 448 g/mol. The second-order valence-electron chi connectivity index (χ2n) is 8.47. The van der Waals surface area contributed by atoms with Crippen LogP contribution in [0.15, 0.2) is 47.4 Å². The third-order valence-electron chi connectivity index (χ3n) is 6.49. The first-order valence-corrected chi connectivity index (χ1v) is 12.9. The molecule has 1 heterocycles. The van der Waals surface area contributed by atoms with Crippen molar-refractivity contribution >= 4 is 27.5 Å². The van der Waals surface area contributed by atoms with Crippen molar-refractivity contribution in [3.05, 3.63) is 58.6 Å². The Hall–Kier alpha value is -2.09. The minimum atomic E-state index is -3.90. The van der Waals surface area contributed by atoms with Crippen LogP contribution in [0.25, 0.3) is 0 Å². The molecule has 1 saturated carbocycles. The highest BCUT2D eigenvalue weighted by Crippen LogP contribution is 2.32. The fourth-order valence-electron chi connectivity index (χ4n) is 4.66. The lowest BCUT2D eigenvalue weighted by atomic mass is 9.95. The molecule has 172 valence electrons. The van der Waals surface area contributed by atoms with Gasteiger partial charge in [0.1, 0.15) is 5.75 Å². The van der Waals surface area contributed by atoms with Crippen molar-refractivity contribution in [2.45, 2.75) is 56.0 Å². The van der Waals surface area contributed by atoms with Crippen molar-refractivity contribution in [2.24, 2.45) is 0 Å². The van der Waals surface area contributed by atoms with Gasteiger partial charge in [0.25, 0.3) is 0 Å². The summed E-state index contributed by atoms with van der Waals surface area (Å²) in [7, 11) is -2.41. The SMILES string of the molecule is COc1ccc(S(=O)(=O)N(CC(=O)N2CCc3ccccc3C2)C2CCCCC2)cc1Cl. The molecule has 0 spiro atoms. The fourth-order valence-corrected chi connectivity index (χ4v) is 6.65. The Balaban J connectivity index is 1.59. The first kappa shape index (κ1) is 23.1. The fraction of sp³-hybridized carbons (Fsp3) is 0.458. The van der Waals surface area contributed by atoms with Gasteiger partial charge in [0.05, 0.1) is 23.6 Å². The van der Waals surface area contributed by atoms with Gasteiger partial charge in [-0.1, -0.05) is 55.1 Å². The molecule has 0 atom stereocenters. The number of carbonyl (C=O) groups excluding carboxylic acids is 1. The molecule has 0 radical (unpaired) electrons. The minimum Gasteiger partial charge on any atom is -0.495 e. The van der Waals surface area contributed by atoms with Crippen molar-refractivity contribution in [3.8, 4) is 5.75 Å². The van der Waals surface area contributed by atoms with Crippen molar-refractivity contribution in [1.82, 2.24) is 9.21 Å². The number of fused-ring (bicyclic) bond motifs is 1. The Bertz CT molecular complexity index is 1080. The number of methoxy groups -OCH3 is 1. The van der Waals surface area contributed by atoms with Crippen molar-refractivity contribution < 1.29 is 17.9 Å². The van der Waals surface area contributed by atoms with Crippen LogP contribution in [0.1, 0.15) is 43.2 Å². The van der Waals surface area contributed by atoms with Gasteiger partial charge >= 0.3 is 0 Å². The molecule has 2 aliphatic rings. The number of amides is 1. The molecule has 1 aliphatic carbocycles. The molecule has 0 aromatic heterocycles. The highest BCUT2D eigenvalue weighted by Gasteiger charge is 2.35. The Labute approximate surface area is 195 Å². The summed E-state index contributed by atoms with van der Waals surface area (Å²) in [4.78, 5) is 15.1. The summed E-state index contributed by atoms with van der Waals surface area (Å²) in [6, 6.07) is 12.4. The van der Waals surface area contributed by atoms with Crippen LogP contribution >= 0.6 is 11.6 Å². The number of sulfonamides is 1. The quantitative estimate of drug-likeness (QED) is 0.624. The average Bonchev–Trinajstić information content (AvgIpc) is 2.82. The van der Waals surface area contributed by atoms with Gasteiger partial charge < -0.3 is 9.64 Å². The van der Waals surface area contributed by atoms with E-state index in [-0.39, 0.29) is 28.4 Å². The number of hydrogen-bond donors (Lipinski definition) is 0. The molecule has 2 aromatic carbocycles. The minimum absolute atomic E-state index is 0.0886. The topological polar surface area (TPSA) is 66.9 Å². The van der Waals surface area contributed by atoms with Crippen LogP contribution < -0.4 is 4.74 Å². The van der Waals surface area contributed by atoms with Crippen molar-refractivity contribution in [2.75, 3.05) is 20.2 Å². The number of benzene rings is 2. The Morgan fingerprint density at radius 3 is 2.53 bits per heavy atom. The van der Waals surface area contributed by atoms with Crippen LogP contribution in [0.3, 0.4) is 0 Å². The second-order valence-corrected chi connectivity index (χ2v) is 10.8. The van der Waals surface area contributed by atoms with E-state index in [1.165, 1.54) is 29.1 Å². The van der Waals surface area contributed by atoms with E-state index in [0.29, 0.717) is 18.8 Å². The van der Waals surface area contributed by atoms with Crippen LogP contribution in [0.4, 0.5) is 0 Å². The summed E-state index contributed by atoms with van der Waals surface area (Å²) in [5, 5.41) is 0.233. The molecule has 4 rings (SSSR count). The molecule has 1 aliphatic heterocycles. The van der Waals surface area contributed by atoms with E-state index in [9.17, 15) is 13.2 Å². The van der Waals surface area contributed by atoms with Crippen LogP contribution in [0.2, 0.25) is 5.02 Å². The summed E-state index contributed by atoms with van der Waals surface area (Å²) in [5.41, 5.74) is 2.38. The number of carbonyl (C=O) groups is 1. The standard InChI is InChI=1S/C24H29ClN2O4S/c1-31-23-12-11-21(15-22(23)25)32(29,30)27(20-9-3-2-4-10-20)17-24(28)26-14-13-18-7-5-6-8-19(18)16-26/h5-8,11-12,15,20H,2-4,9-10,13-14,16-17H2,1H3. The Kier molecular flexibility index (Phi) is 7.08. The molecule has 2 aromatic rings. The van der Waals surface area contributed by atoms with Gasteiger partial charge in [-0.3, -0.25) is 4.79 Å². The maximum Gasteiger partial charge on any atom is 0.243 e. The van der Waals surface area contributed by atoms with Gasteiger partial charge in [0.2, 0.25) is 15.9 Å². The number of nitrogens with zero attached hydrogens (tertiary/aromatic N) is 2. The van der Waals surface area contributed by atoms with Crippen molar-refractivity contribution in [1.29, 1.82) is 0 Å². The van der Waals surface area contributed by atoms with Gasteiger partial charge in [-0.2, -0.15) is 4.31 Å². The Morgan fingerprint density at radius 2 is 1.84 bits per heavy atom. The number of halogens is 1. The molecule has 0 bridgehead atoms. The molecule has 32 heavy (non-hydrogen) atoms. The van der Waals surface area contributed by atoms with E-state index >= 15 is 0 Å². The first-order valence-electron chi connectivity index (χ1n) is 11.1. The maximum absolute atomic E-state index is 13.7. The van der Waals surface area contributed by atoms with Crippen LogP contribution in [0, 0.1) is 0 Å². The van der Waals surface area contributed by atoms with Crippen molar-refractivity contribution in [3.63, 3.8) is 0 Å². The van der Waals surface area contributed by atoms with Gasteiger partial charge in [-0.25, -0.2) is 8.42 Å². The predicted octanol–water partition coefficient (Wildman–Crippen LogP) is 4.26. The second kappa shape index (κ2) is 9.81. The predicted molar refractivity (Wildman–Crippen MR) is 124 cm³/mol. The maximum atomic E-state index is 13.7. The van der Waals surface area contributed by atoms with Crippen LogP contribution in [-0.2, 0) is 27.8 Å². The van der Waals surface area contributed by atoms with Gasteiger partial charge in [0.15, 0.2) is 0 Å². The third kappa shape index (κ3) is 4.80. The van der Waals surface area contributed by atoms with E-state index in [1.807, 2.05) is 18.2 Å². The zero-order valence-corrected chi connectivity index (χ0v) is 19.9. The highest BCUT2D eigenvalue weighted by atomic mass is 35.5. The normalized spacial score (nSPS) is 17.3. The number of rotatable bonds is 6. The summed E-state index contributed by atoms with van der Waals surface area (Å²) in [6.07, 6.45) is 5.33.